The highest BCUT2D eigenvalue weighted by molar-refractivity contribution is 7.89. The molecular formula is C22H23N3O7S. The molecule has 1 heterocycles. The van der Waals surface area contributed by atoms with Crippen molar-refractivity contribution in [2.24, 2.45) is 5.14 Å². The van der Waals surface area contributed by atoms with Gasteiger partial charge in [-0.15, -0.1) is 0 Å². The van der Waals surface area contributed by atoms with Crippen LogP contribution in [0.15, 0.2) is 51.9 Å². The third kappa shape index (κ3) is 6.18. The Bertz CT molecular complexity index is 1260. The topological polar surface area (TPSA) is 151 Å². The Morgan fingerprint density at radius 1 is 1.09 bits per heavy atom. The van der Waals surface area contributed by atoms with Crippen LogP contribution in [0.3, 0.4) is 0 Å². The molecule has 0 unspecified atom stereocenters. The van der Waals surface area contributed by atoms with Gasteiger partial charge in [-0.05, 0) is 62.7 Å². The number of aryl methyl sites for hydroxylation is 3. The number of rotatable bonds is 8. The summed E-state index contributed by atoms with van der Waals surface area (Å²) in [5.74, 6) is -0.115. The van der Waals surface area contributed by atoms with Crippen molar-refractivity contribution in [3.63, 3.8) is 0 Å². The number of sulfonamides is 1. The zero-order valence-corrected chi connectivity index (χ0v) is 19.1. The zero-order valence-electron chi connectivity index (χ0n) is 18.2. The molecule has 0 fully saturated rings. The maximum Gasteiger partial charge on any atom is 0.338 e. The van der Waals surface area contributed by atoms with Gasteiger partial charge < -0.3 is 19.3 Å². The number of hydrogen-bond acceptors (Lipinski definition) is 8. The molecule has 0 aliphatic rings. The molecule has 33 heavy (non-hydrogen) atoms. The minimum Gasteiger partial charge on any atom is -0.489 e. The van der Waals surface area contributed by atoms with Crippen LogP contribution in [0.5, 0.6) is 5.75 Å². The average Bonchev–Trinajstić information content (AvgIpc) is 3.08. The normalized spacial score (nSPS) is 11.2. The molecular weight excluding hydrogens is 450 g/mol. The van der Waals surface area contributed by atoms with Crippen LogP contribution in [0.2, 0.25) is 0 Å². The number of hydrogen-bond donors (Lipinski definition) is 2. The van der Waals surface area contributed by atoms with Gasteiger partial charge in [-0.3, -0.25) is 4.79 Å². The number of aromatic nitrogens is 1. The molecule has 0 spiro atoms. The lowest BCUT2D eigenvalue weighted by molar-refractivity contribution is -0.119. The summed E-state index contributed by atoms with van der Waals surface area (Å²) in [5, 5.41) is 11.5. The van der Waals surface area contributed by atoms with Gasteiger partial charge in [-0.1, -0.05) is 11.2 Å². The van der Waals surface area contributed by atoms with E-state index in [0.29, 0.717) is 17.1 Å². The molecule has 0 radical (unpaired) electrons. The van der Waals surface area contributed by atoms with Crippen LogP contribution in [-0.4, -0.2) is 32.1 Å². The zero-order chi connectivity index (χ0) is 24.2. The van der Waals surface area contributed by atoms with Gasteiger partial charge in [0, 0.05) is 5.69 Å². The van der Waals surface area contributed by atoms with E-state index in [1.807, 2.05) is 6.92 Å². The number of ether oxygens (including phenoxy) is 2. The van der Waals surface area contributed by atoms with E-state index < -0.39 is 28.5 Å². The molecule has 0 bridgehead atoms. The second kappa shape index (κ2) is 9.84. The summed E-state index contributed by atoms with van der Waals surface area (Å²) >= 11 is 0. The number of primary sulfonamides is 1. The van der Waals surface area contributed by atoms with Gasteiger partial charge in [0.2, 0.25) is 10.0 Å². The molecule has 0 aliphatic carbocycles. The molecule has 174 valence electrons. The van der Waals surface area contributed by atoms with Crippen molar-refractivity contribution in [2.75, 3.05) is 11.9 Å². The first-order valence-electron chi connectivity index (χ1n) is 9.79. The van der Waals surface area contributed by atoms with Crippen LogP contribution >= 0.6 is 0 Å². The van der Waals surface area contributed by atoms with Crippen molar-refractivity contribution >= 4 is 27.6 Å². The Kier molecular flexibility index (Phi) is 7.14. The quantitative estimate of drug-likeness (QED) is 0.474. The van der Waals surface area contributed by atoms with Gasteiger partial charge in [0.1, 0.15) is 18.1 Å². The van der Waals surface area contributed by atoms with Crippen molar-refractivity contribution in [1.29, 1.82) is 0 Å². The van der Waals surface area contributed by atoms with E-state index in [-0.39, 0.29) is 22.8 Å². The monoisotopic (exact) mass is 473 g/mol. The van der Waals surface area contributed by atoms with Gasteiger partial charge >= 0.3 is 5.97 Å². The van der Waals surface area contributed by atoms with Crippen LogP contribution in [-0.2, 0) is 26.2 Å². The lowest BCUT2D eigenvalue weighted by Crippen LogP contribution is -2.21. The van der Waals surface area contributed by atoms with Gasteiger partial charge in [-0.2, -0.15) is 0 Å². The summed E-state index contributed by atoms with van der Waals surface area (Å²) in [5.41, 5.74) is 2.50. The molecule has 1 aromatic heterocycles. The molecule has 11 heteroatoms. The number of nitrogens with one attached hydrogen (secondary N) is 1. The highest BCUT2D eigenvalue weighted by atomic mass is 32.2. The smallest absolute Gasteiger partial charge is 0.338 e. The molecule has 3 rings (SSSR count). The predicted octanol–water partition coefficient (Wildman–Crippen LogP) is 2.62. The Morgan fingerprint density at radius 3 is 2.39 bits per heavy atom. The largest absolute Gasteiger partial charge is 0.489 e. The Labute approximate surface area is 190 Å². The Balaban J connectivity index is 1.53. The third-order valence-electron chi connectivity index (χ3n) is 4.77. The first kappa shape index (κ1) is 24.0. The fraction of sp³-hybridized carbons (Fsp3) is 0.227. The lowest BCUT2D eigenvalue weighted by Gasteiger charge is -2.10. The summed E-state index contributed by atoms with van der Waals surface area (Å²) in [7, 11) is -3.93. The first-order chi connectivity index (χ1) is 15.5. The molecule has 0 aliphatic heterocycles. The van der Waals surface area contributed by atoms with E-state index in [9.17, 15) is 18.0 Å². The van der Waals surface area contributed by atoms with Crippen molar-refractivity contribution < 1.29 is 32.0 Å². The predicted molar refractivity (Wildman–Crippen MR) is 118 cm³/mol. The summed E-state index contributed by atoms with van der Waals surface area (Å²) in [4.78, 5) is 24.2. The van der Waals surface area contributed by atoms with Crippen molar-refractivity contribution in [3.8, 4) is 5.75 Å². The maximum absolute atomic E-state index is 12.2. The van der Waals surface area contributed by atoms with Gasteiger partial charge in [-0.25, -0.2) is 18.4 Å². The summed E-state index contributed by atoms with van der Waals surface area (Å²) in [6.07, 6.45) is 0. The van der Waals surface area contributed by atoms with Crippen LogP contribution < -0.4 is 15.2 Å². The first-order valence-corrected chi connectivity index (χ1v) is 11.3. The summed E-state index contributed by atoms with van der Waals surface area (Å²) in [6.45, 7) is 4.92. The highest BCUT2D eigenvalue weighted by Crippen LogP contribution is 2.20. The van der Waals surface area contributed by atoms with Crippen LogP contribution in [0.25, 0.3) is 0 Å². The number of nitrogens with zero attached hydrogens (tertiary/aromatic N) is 1. The number of carbonyl (C=O) groups excluding carboxylic acids is 2. The van der Waals surface area contributed by atoms with Gasteiger partial charge in [0.25, 0.3) is 5.91 Å². The molecule has 10 nitrogen and oxygen atoms in total. The van der Waals surface area contributed by atoms with Crippen LogP contribution in [0, 0.1) is 20.8 Å². The van der Waals surface area contributed by atoms with Crippen LogP contribution in [0.1, 0.15) is 32.9 Å². The second-order valence-electron chi connectivity index (χ2n) is 7.27. The van der Waals surface area contributed by atoms with Crippen molar-refractivity contribution in [1.82, 2.24) is 5.16 Å². The van der Waals surface area contributed by atoms with Crippen molar-refractivity contribution in [2.45, 2.75) is 32.3 Å². The van der Waals surface area contributed by atoms with E-state index in [4.69, 9.17) is 19.1 Å². The SMILES string of the molecule is Cc1ccc(NC(=O)COC(=O)c2ccc(OCc3c(C)noc3C)cc2)cc1S(N)(=O)=O. The minimum absolute atomic E-state index is 0.103. The van der Waals surface area contributed by atoms with E-state index in [2.05, 4.69) is 10.5 Å². The number of carbonyl (C=O) groups is 2. The fourth-order valence-corrected chi connectivity index (χ4v) is 3.75. The van der Waals surface area contributed by atoms with Gasteiger partial charge in [0.15, 0.2) is 6.61 Å². The van der Waals surface area contributed by atoms with Crippen molar-refractivity contribution in [3.05, 3.63) is 70.6 Å². The molecule has 1 amide bonds. The number of esters is 1. The molecule has 3 aromatic rings. The van der Waals surface area contributed by atoms with E-state index in [0.717, 1.165) is 11.3 Å². The molecule has 0 atom stereocenters. The minimum atomic E-state index is -3.93. The van der Waals surface area contributed by atoms with Crippen LogP contribution in [0.4, 0.5) is 5.69 Å². The fourth-order valence-electron chi connectivity index (χ4n) is 2.95. The lowest BCUT2D eigenvalue weighted by atomic mass is 10.2. The number of amides is 1. The maximum atomic E-state index is 12.2. The average molecular weight is 474 g/mol. The Hall–Kier alpha value is -3.70. The third-order valence-corrected chi connectivity index (χ3v) is 5.82. The standard InChI is InChI=1S/C22H23N3O7S/c1-13-4-7-17(10-20(13)33(23,28)29)24-21(26)12-31-22(27)16-5-8-18(9-6-16)30-11-19-14(2)25-32-15(19)3/h4-10H,11-12H2,1-3H3,(H,24,26)(H2,23,28,29). The summed E-state index contributed by atoms with van der Waals surface area (Å²) < 4.78 is 39.0. The second-order valence-corrected chi connectivity index (χ2v) is 8.80. The molecule has 2 aromatic carbocycles. The highest BCUT2D eigenvalue weighted by Gasteiger charge is 2.15. The molecule has 0 saturated heterocycles. The van der Waals surface area contributed by atoms with E-state index in [1.54, 1.807) is 26.0 Å². The number of anilines is 1. The van der Waals surface area contributed by atoms with E-state index >= 15 is 0 Å². The summed E-state index contributed by atoms with van der Waals surface area (Å²) in [6, 6.07) is 10.5. The Morgan fingerprint density at radius 2 is 1.79 bits per heavy atom. The van der Waals surface area contributed by atoms with Gasteiger partial charge in [0.05, 0.1) is 21.7 Å². The number of benzene rings is 2. The molecule has 3 N–H and O–H groups in total. The molecule has 0 saturated carbocycles. The number of nitrogens with two attached hydrogens (primary N) is 1. The van der Waals surface area contributed by atoms with E-state index in [1.165, 1.54) is 30.3 Å².